The number of aliphatic hydroxyl groups excluding tert-OH is 1. The molecular formula is C21H22ClN3O3. The van der Waals surface area contributed by atoms with Gasteiger partial charge < -0.3 is 14.9 Å². The van der Waals surface area contributed by atoms with Gasteiger partial charge in [-0.2, -0.15) is 0 Å². The fourth-order valence-electron chi connectivity index (χ4n) is 4.57. The van der Waals surface area contributed by atoms with Crippen LogP contribution >= 0.6 is 11.6 Å². The molecule has 7 heteroatoms. The molecule has 2 aliphatic heterocycles. The Morgan fingerprint density at radius 2 is 2.00 bits per heavy atom. The normalized spacial score (nSPS) is 23.8. The highest BCUT2D eigenvalue weighted by Crippen LogP contribution is 2.46. The fourth-order valence-corrected chi connectivity index (χ4v) is 4.74. The summed E-state index contributed by atoms with van der Waals surface area (Å²) in [6.07, 6.45) is 3.05. The number of fused-ring (bicyclic) bond motifs is 1. The van der Waals surface area contributed by atoms with Crippen LogP contribution in [0.15, 0.2) is 42.7 Å². The first kappa shape index (κ1) is 18.9. The summed E-state index contributed by atoms with van der Waals surface area (Å²) in [5.74, 6) is -0.0450. The van der Waals surface area contributed by atoms with Crippen LogP contribution in [0.5, 0.6) is 0 Å². The third kappa shape index (κ3) is 3.27. The van der Waals surface area contributed by atoms with Crippen LogP contribution in [0.3, 0.4) is 0 Å². The number of aromatic nitrogens is 1. The van der Waals surface area contributed by atoms with Gasteiger partial charge in [0.05, 0.1) is 16.6 Å². The molecular weight excluding hydrogens is 378 g/mol. The molecule has 2 fully saturated rings. The molecule has 0 unspecified atom stereocenters. The number of aliphatic hydroxyl groups is 1. The van der Waals surface area contributed by atoms with Gasteiger partial charge in [-0.3, -0.25) is 14.6 Å². The predicted molar refractivity (Wildman–Crippen MR) is 105 cm³/mol. The second kappa shape index (κ2) is 7.53. The molecule has 1 aromatic carbocycles. The quantitative estimate of drug-likeness (QED) is 0.859. The van der Waals surface area contributed by atoms with Crippen LogP contribution in [-0.4, -0.2) is 57.9 Å². The van der Waals surface area contributed by atoms with Gasteiger partial charge in [-0.25, -0.2) is 0 Å². The number of benzene rings is 1. The maximum atomic E-state index is 13.3. The first-order valence-electron chi connectivity index (χ1n) is 9.35. The third-order valence-electron chi connectivity index (χ3n) is 5.87. The first-order valence-corrected chi connectivity index (χ1v) is 9.73. The Morgan fingerprint density at radius 1 is 1.21 bits per heavy atom. The largest absolute Gasteiger partial charge is 0.387 e. The molecule has 6 nitrogen and oxygen atoms in total. The number of hydrogen-bond donors (Lipinski definition) is 1. The molecule has 3 atom stereocenters. The maximum absolute atomic E-state index is 13.3. The molecule has 0 radical (unpaired) electrons. The van der Waals surface area contributed by atoms with E-state index in [1.165, 1.54) is 6.20 Å². The molecule has 4 rings (SSSR count). The molecule has 1 aromatic heterocycles. The summed E-state index contributed by atoms with van der Waals surface area (Å²) in [6.45, 7) is 3.22. The average molecular weight is 400 g/mol. The average Bonchev–Trinajstić information content (AvgIpc) is 3.25. The number of rotatable bonds is 3. The summed E-state index contributed by atoms with van der Waals surface area (Å²) >= 11 is 6.04. The Balaban J connectivity index is 1.70. The molecule has 0 bridgehead atoms. The summed E-state index contributed by atoms with van der Waals surface area (Å²) < 4.78 is 0. The third-order valence-corrected chi connectivity index (χ3v) is 6.08. The Hall–Kier alpha value is -2.44. The summed E-state index contributed by atoms with van der Waals surface area (Å²) in [4.78, 5) is 33.0. The van der Waals surface area contributed by atoms with Crippen molar-refractivity contribution in [2.45, 2.75) is 13.0 Å². The molecule has 3 heterocycles. The Bertz CT molecular complexity index is 919. The molecule has 146 valence electrons. The molecule has 0 aliphatic carbocycles. The van der Waals surface area contributed by atoms with Gasteiger partial charge in [0.1, 0.15) is 6.61 Å². The van der Waals surface area contributed by atoms with Crippen molar-refractivity contribution in [3.8, 4) is 0 Å². The lowest BCUT2D eigenvalue weighted by molar-refractivity contribution is -0.133. The monoisotopic (exact) mass is 399 g/mol. The number of amides is 2. The SMILES string of the molecule is Cc1ccccc1[C@@H]1[C@H]2CN(C(=O)CO)C[C@H]2CN1C(=O)c1cncc(Cl)c1. The molecule has 0 saturated carbocycles. The zero-order valence-electron chi connectivity index (χ0n) is 15.6. The summed E-state index contributed by atoms with van der Waals surface area (Å²) in [6, 6.07) is 9.56. The summed E-state index contributed by atoms with van der Waals surface area (Å²) in [5, 5.41) is 9.65. The van der Waals surface area contributed by atoms with Crippen molar-refractivity contribution in [1.29, 1.82) is 0 Å². The van der Waals surface area contributed by atoms with Crippen LogP contribution in [0.1, 0.15) is 27.5 Å². The van der Waals surface area contributed by atoms with Crippen LogP contribution < -0.4 is 0 Å². The topological polar surface area (TPSA) is 73.7 Å². The predicted octanol–water partition coefficient (Wildman–Crippen LogP) is 2.31. The van der Waals surface area contributed by atoms with E-state index in [2.05, 4.69) is 11.1 Å². The van der Waals surface area contributed by atoms with E-state index in [4.69, 9.17) is 11.6 Å². The molecule has 28 heavy (non-hydrogen) atoms. The van der Waals surface area contributed by atoms with E-state index in [1.807, 2.05) is 30.0 Å². The van der Waals surface area contributed by atoms with E-state index in [0.29, 0.717) is 30.2 Å². The Labute approximate surface area is 168 Å². The number of carbonyl (C=O) groups excluding carboxylic acids is 2. The van der Waals surface area contributed by atoms with Crippen LogP contribution in [0.4, 0.5) is 0 Å². The van der Waals surface area contributed by atoms with Crippen molar-refractivity contribution in [3.63, 3.8) is 0 Å². The lowest BCUT2D eigenvalue weighted by atomic mass is 9.87. The van der Waals surface area contributed by atoms with Crippen molar-refractivity contribution in [2.75, 3.05) is 26.2 Å². The van der Waals surface area contributed by atoms with Crippen LogP contribution in [0.25, 0.3) is 0 Å². The molecule has 2 amide bonds. The number of pyridine rings is 1. The first-order chi connectivity index (χ1) is 13.5. The number of nitrogens with zero attached hydrogens (tertiary/aromatic N) is 3. The smallest absolute Gasteiger partial charge is 0.256 e. The highest BCUT2D eigenvalue weighted by atomic mass is 35.5. The zero-order chi connectivity index (χ0) is 19.8. The van der Waals surface area contributed by atoms with E-state index < -0.39 is 6.61 Å². The van der Waals surface area contributed by atoms with Crippen molar-refractivity contribution in [3.05, 3.63) is 64.4 Å². The molecule has 1 N–H and O–H groups in total. The number of halogens is 1. The summed E-state index contributed by atoms with van der Waals surface area (Å²) in [7, 11) is 0. The van der Waals surface area contributed by atoms with Gasteiger partial charge >= 0.3 is 0 Å². The number of aryl methyl sites for hydroxylation is 1. The van der Waals surface area contributed by atoms with Gasteiger partial charge in [0, 0.05) is 43.9 Å². The van der Waals surface area contributed by atoms with Gasteiger partial charge in [0.15, 0.2) is 0 Å². The molecule has 2 aromatic rings. The second-order valence-electron chi connectivity index (χ2n) is 7.53. The highest BCUT2D eigenvalue weighted by Gasteiger charge is 2.50. The Morgan fingerprint density at radius 3 is 2.71 bits per heavy atom. The van der Waals surface area contributed by atoms with E-state index >= 15 is 0 Å². The van der Waals surface area contributed by atoms with Gasteiger partial charge in [-0.15, -0.1) is 0 Å². The van der Waals surface area contributed by atoms with Crippen molar-refractivity contribution < 1.29 is 14.7 Å². The van der Waals surface area contributed by atoms with E-state index in [1.54, 1.807) is 17.2 Å². The zero-order valence-corrected chi connectivity index (χ0v) is 16.3. The van der Waals surface area contributed by atoms with Gasteiger partial charge in [-0.1, -0.05) is 35.9 Å². The molecule has 2 aliphatic rings. The van der Waals surface area contributed by atoms with Crippen molar-refractivity contribution >= 4 is 23.4 Å². The minimum Gasteiger partial charge on any atom is -0.387 e. The number of likely N-dealkylation sites (tertiary alicyclic amines) is 2. The number of carbonyl (C=O) groups is 2. The fraction of sp³-hybridized carbons (Fsp3) is 0.381. The van der Waals surface area contributed by atoms with Crippen LogP contribution in [0.2, 0.25) is 5.02 Å². The minimum absolute atomic E-state index is 0.0994. The van der Waals surface area contributed by atoms with Gasteiger partial charge in [-0.05, 0) is 24.1 Å². The molecule has 2 saturated heterocycles. The van der Waals surface area contributed by atoms with Crippen molar-refractivity contribution in [2.24, 2.45) is 11.8 Å². The summed E-state index contributed by atoms with van der Waals surface area (Å²) in [5.41, 5.74) is 2.67. The van der Waals surface area contributed by atoms with Crippen LogP contribution in [-0.2, 0) is 4.79 Å². The minimum atomic E-state index is -0.481. The van der Waals surface area contributed by atoms with E-state index in [0.717, 1.165) is 11.1 Å². The lowest BCUT2D eigenvalue weighted by Crippen LogP contribution is -2.38. The lowest BCUT2D eigenvalue weighted by Gasteiger charge is -2.31. The van der Waals surface area contributed by atoms with Crippen molar-refractivity contribution in [1.82, 2.24) is 14.8 Å². The molecule has 0 spiro atoms. The van der Waals surface area contributed by atoms with Crippen LogP contribution in [0, 0.1) is 18.8 Å². The standard InChI is InChI=1S/C21H22ClN3O3/c1-13-4-2-3-5-17(13)20-18-11-24(19(27)12-26)9-15(18)10-25(20)21(28)14-6-16(22)8-23-7-14/h2-8,15,18,20,26H,9-12H2,1H3/t15-,18-,20+/m0/s1. The highest BCUT2D eigenvalue weighted by molar-refractivity contribution is 6.30. The Kier molecular flexibility index (Phi) is 5.08. The van der Waals surface area contributed by atoms with E-state index in [-0.39, 0.29) is 29.7 Å². The maximum Gasteiger partial charge on any atom is 0.256 e. The van der Waals surface area contributed by atoms with Gasteiger partial charge in [0.2, 0.25) is 5.91 Å². The van der Waals surface area contributed by atoms with Gasteiger partial charge in [0.25, 0.3) is 5.91 Å². The number of hydrogen-bond acceptors (Lipinski definition) is 4. The van der Waals surface area contributed by atoms with E-state index in [9.17, 15) is 14.7 Å². The second-order valence-corrected chi connectivity index (χ2v) is 7.97.